The predicted octanol–water partition coefficient (Wildman–Crippen LogP) is 3.43. The molecule has 6 nitrogen and oxygen atoms in total. The van der Waals surface area contributed by atoms with Crippen LogP contribution in [0.1, 0.15) is 33.9 Å². The molecule has 2 heterocycles. The summed E-state index contributed by atoms with van der Waals surface area (Å²) >= 11 is 0. The largest absolute Gasteiger partial charge is 0.503 e. The van der Waals surface area contributed by atoms with Crippen LogP contribution < -0.4 is 0 Å². The van der Waals surface area contributed by atoms with Gasteiger partial charge in [0.05, 0.1) is 24.8 Å². The van der Waals surface area contributed by atoms with E-state index in [1.54, 1.807) is 42.5 Å². The molecule has 1 fully saturated rings. The van der Waals surface area contributed by atoms with E-state index in [1.807, 2.05) is 6.92 Å². The summed E-state index contributed by atoms with van der Waals surface area (Å²) in [5.74, 6) is -2.24. The quantitative estimate of drug-likeness (QED) is 0.671. The summed E-state index contributed by atoms with van der Waals surface area (Å²) in [5.41, 5.74) is 1.46. The first-order valence-electron chi connectivity index (χ1n) is 10.9. The highest BCUT2D eigenvalue weighted by Crippen LogP contribution is 2.40. The fraction of sp³-hybridized carbons (Fsp3) is 0.360. The molecular weight excluding hydrogens is 411 g/mol. The van der Waals surface area contributed by atoms with Crippen molar-refractivity contribution in [3.8, 4) is 0 Å². The topological polar surface area (TPSA) is 70.1 Å². The van der Waals surface area contributed by atoms with Crippen LogP contribution in [0.2, 0.25) is 0 Å². The van der Waals surface area contributed by atoms with Crippen LogP contribution in [0, 0.1) is 12.7 Å². The van der Waals surface area contributed by atoms with Crippen molar-refractivity contribution < 1.29 is 23.8 Å². The van der Waals surface area contributed by atoms with Crippen LogP contribution in [0.4, 0.5) is 4.39 Å². The number of ether oxygens (including phenoxy) is 1. The smallest absolute Gasteiger partial charge is 0.290 e. The van der Waals surface area contributed by atoms with E-state index in [2.05, 4.69) is 4.90 Å². The van der Waals surface area contributed by atoms with Crippen LogP contribution >= 0.6 is 0 Å². The number of carbonyl (C=O) groups is 2. The van der Waals surface area contributed by atoms with Crippen LogP contribution in [-0.4, -0.2) is 66.0 Å². The highest BCUT2D eigenvalue weighted by molar-refractivity contribution is 6.16. The Morgan fingerprint density at radius 3 is 2.47 bits per heavy atom. The number of aryl methyl sites for hydroxylation is 1. The van der Waals surface area contributed by atoms with E-state index in [9.17, 15) is 19.1 Å². The van der Waals surface area contributed by atoms with Crippen molar-refractivity contribution in [2.75, 3.05) is 39.4 Å². The van der Waals surface area contributed by atoms with E-state index < -0.39 is 29.3 Å². The first-order valence-corrected chi connectivity index (χ1v) is 10.9. The van der Waals surface area contributed by atoms with Crippen molar-refractivity contribution in [2.45, 2.75) is 19.4 Å². The first kappa shape index (κ1) is 22.2. The van der Waals surface area contributed by atoms with Gasteiger partial charge >= 0.3 is 0 Å². The molecule has 7 heteroatoms. The van der Waals surface area contributed by atoms with Gasteiger partial charge in [0.2, 0.25) is 0 Å². The number of amides is 1. The van der Waals surface area contributed by atoms with Crippen molar-refractivity contribution in [3.05, 3.63) is 82.4 Å². The van der Waals surface area contributed by atoms with E-state index in [0.29, 0.717) is 31.7 Å². The normalized spacial score (nSPS) is 19.6. The molecule has 0 aliphatic carbocycles. The molecule has 2 aromatic rings. The lowest BCUT2D eigenvalue weighted by molar-refractivity contribution is -0.129. The number of nitrogens with zero attached hydrogens (tertiary/aromatic N) is 2. The molecule has 4 rings (SSSR count). The number of benzene rings is 2. The summed E-state index contributed by atoms with van der Waals surface area (Å²) in [7, 11) is 0. The summed E-state index contributed by atoms with van der Waals surface area (Å²) in [6.45, 7) is 5.96. The zero-order valence-corrected chi connectivity index (χ0v) is 18.1. The second kappa shape index (κ2) is 9.63. The molecule has 32 heavy (non-hydrogen) atoms. The number of halogens is 1. The van der Waals surface area contributed by atoms with Gasteiger partial charge in [-0.3, -0.25) is 14.5 Å². The van der Waals surface area contributed by atoms with Crippen molar-refractivity contribution in [1.82, 2.24) is 9.80 Å². The van der Waals surface area contributed by atoms with E-state index in [-0.39, 0.29) is 11.1 Å². The van der Waals surface area contributed by atoms with E-state index in [0.717, 1.165) is 25.2 Å². The Bertz CT molecular complexity index is 1030. The van der Waals surface area contributed by atoms with Gasteiger partial charge in [-0.2, -0.15) is 0 Å². The third kappa shape index (κ3) is 4.45. The lowest BCUT2D eigenvalue weighted by Crippen LogP contribution is -2.39. The average Bonchev–Trinajstić information content (AvgIpc) is 3.05. The highest BCUT2D eigenvalue weighted by Gasteiger charge is 2.44. The fourth-order valence-corrected chi connectivity index (χ4v) is 4.29. The molecule has 1 unspecified atom stereocenters. The van der Waals surface area contributed by atoms with Crippen LogP contribution in [0.5, 0.6) is 0 Å². The number of ketones is 1. The third-order valence-corrected chi connectivity index (χ3v) is 6.04. The van der Waals surface area contributed by atoms with Crippen LogP contribution in [0.3, 0.4) is 0 Å². The number of Topliss-reactive ketones (excluding diaryl/α,β-unsaturated/α-hetero) is 1. The summed E-state index contributed by atoms with van der Waals surface area (Å²) < 4.78 is 20.2. The number of carbonyl (C=O) groups excluding carboxylic acids is 2. The Morgan fingerprint density at radius 2 is 1.78 bits per heavy atom. The van der Waals surface area contributed by atoms with Crippen LogP contribution in [0.15, 0.2) is 59.9 Å². The number of aliphatic hydroxyl groups excluding tert-OH is 1. The minimum Gasteiger partial charge on any atom is -0.503 e. The van der Waals surface area contributed by atoms with Gasteiger partial charge in [-0.1, -0.05) is 48.0 Å². The average molecular weight is 438 g/mol. The van der Waals surface area contributed by atoms with Gasteiger partial charge in [-0.15, -0.1) is 0 Å². The predicted molar refractivity (Wildman–Crippen MR) is 118 cm³/mol. The zero-order chi connectivity index (χ0) is 22.7. The molecule has 0 bridgehead atoms. The molecule has 0 spiro atoms. The Hall–Kier alpha value is -3.03. The highest BCUT2D eigenvalue weighted by atomic mass is 19.1. The molecular formula is C25H27FN2O4. The lowest BCUT2D eigenvalue weighted by atomic mass is 9.92. The monoisotopic (exact) mass is 438 g/mol. The number of rotatable bonds is 7. The standard InChI is InChI=1S/C25H27FN2O4/c1-17-7-9-18(10-8-17)23(29)21-22(19-5-2-3-6-20(19)26)28(25(31)24(21)30)12-4-11-27-13-15-32-16-14-27/h2-3,5-10,22,30H,4,11-16H2,1H3. The summed E-state index contributed by atoms with van der Waals surface area (Å²) in [5, 5.41) is 10.7. The van der Waals surface area contributed by atoms with Crippen molar-refractivity contribution >= 4 is 11.7 Å². The Morgan fingerprint density at radius 1 is 1.09 bits per heavy atom. The maximum atomic E-state index is 14.8. The third-order valence-electron chi connectivity index (χ3n) is 6.04. The van der Waals surface area contributed by atoms with Gasteiger partial charge in [0.15, 0.2) is 11.5 Å². The molecule has 1 amide bonds. The molecule has 0 radical (unpaired) electrons. The number of hydrogen-bond donors (Lipinski definition) is 1. The Labute approximate surface area is 186 Å². The molecule has 0 aromatic heterocycles. The van der Waals surface area contributed by atoms with Gasteiger partial charge in [0, 0.05) is 37.3 Å². The Balaban J connectivity index is 1.63. The minimum absolute atomic E-state index is 0.0738. The molecule has 0 saturated carbocycles. The summed E-state index contributed by atoms with van der Waals surface area (Å²) in [6.07, 6.45) is 0.635. The number of hydrogen-bond acceptors (Lipinski definition) is 5. The molecule has 2 aliphatic rings. The molecule has 168 valence electrons. The second-order valence-electron chi connectivity index (χ2n) is 8.19. The van der Waals surface area contributed by atoms with Crippen molar-refractivity contribution in [2.24, 2.45) is 0 Å². The van der Waals surface area contributed by atoms with Gasteiger partial charge < -0.3 is 14.7 Å². The van der Waals surface area contributed by atoms with E-state index >= 15 is 0 Å². The number of aliphatic hydroxyl groups is 1. The maximum Gasteiger partial charge on any atom is 0.290 e. The lowest BCUT2D eigenvalue weighted by Gasteiger charge is -2.30. The first-order chi connectivity index (χ1) is 15.5. The molecule has 1 N–H and O–H groups in total. The molecule has 2 aromatic carbocycles. The number of morpholine rings is 1. The molecule has 2 aliphatic heterocycles. The minimum atomic E-state index is -0.970. The SMILES string of the molecule is Cc1ccc(C(=O)C2=C(O)C(=O)N(CCCN3CCOCC3)C2c2ccccc2F)cc1. The van der Waals surface area contributed by atoms with Crippen molar-refractivity contribution in [3.63, 3.8) is 0 Å². The molecule has 1 saturated heterocycles. The van der Waals surface area contributed by atoms with E-state index in [4.69, 9.17) is 4.74 Å². The molecule has 1 atom stereocenters. The Kier molecular flexibility index (Phi) is 6.67. The second-order valence-corrected chi connectivity index (χ2v) is 8.19. The zero-order valence-electron chi connectivity index (χ0n) is 18.1. The van der Waals surface area contributed by atoms with Crippen LogP contribution in [0.25, 0.3) is 0 Å². The van der Waals surface area contributed by atoms with Gasteiger partial charge in [0.1, 0.15) is 5.82 Å². The summed E-state index contributed by atoms with van der Waals surface area (Å²) in [6, 6.07) is 12.0. The maximum absolute atomic E-state index is 14.8. The van der Waals surface area contributed by atoms with E-state index in [1.165, 1.54) is 11.0 Å². The van der Waals surface area contributed by atoms with Crippen LogP contribution in [-0.2, 0) is 9.53 Å². The van der Waals surface area contributed by atoms with Gasteiger partial charge in [0.25, 0.3) is 5.91 Å². The summed E-state index contributed by atoms with van der Waals surface area (Å²) in [4.78, 5) is 30.0. The van der Waals surface area contributed by atoms with Gasteiger partial charge in [-0.05, 0) is 19.4 Å². The van der Waals surface area contributed by atoms with Gasteiger partial charge in [-0.25, -0.2) is 4.39 Å². The fourth-order valence-electron chi connectivity index (χ4n) is 4.29. The van der Waals surface area contributed by atoms with Crippen molar-refractivity contribution in [1.29, 1.82) is 0 Å².